The number of carboxylic acids is 1. The van der Waals surface area contributed by atoms with Crippen LogP contribution >= 0.6 is 0 Å². The van der Waals surface area contributed by atoms with E-state index >= 15 is 0 Å². The van der Waals surface area contributed by atoms with E-state index in [2.05, 4.69) is 13.8 Å². The summed E-state index contributed by atoms with van der Waals surface area (Å²) >= 11 is 0. The summed E-state index contributed by atoms with van der Waals surface area (Å²) in [4.78, 5) is 11.4. The normalized spacial score (nSPS) is 13.1. The first-order chi connectivity index (χ1) is 6.58. The average molecular weight is 230 g/mol. The van der Waals surface area contributed by atoms with E-state index in [9.17, 15) is 9.90 Å². The van der Waals surface area contributed by atoms with Crippen molar-refractivity contribution in [2.24, 2.45) is 11.3 Å². The minimum Gasteiger partial charge on any atom is -0.481 e. The average Bonchev–Trinajstić information content (AvgIpc) is 2.18. The Hall–Kier alpha value is 0.00247. The lowest BCUT2D eigenvalue weighted by Crippen LogP contribution is -2.37. The molecule has 0 aromatic heterocycles. The number of carbonyl (C=O) groups is 1. The molecule has 0 aromatic carbocycles. The van der Waals surface area contributed by atoms with Gasteiger partial charge >= 0.3 is 5.97 Å². The fourth-order valence-corrected chi connectivity index (χ4v) is 2.52. The molecule has 90 valence electrons. The van der Waals surface area contributed by atoms with Gasteiger partial charge in [0.25, 0.3) is 0 Å². The first kappa shape index (κ1) is 17.4. The molecule has 0 spiro atoms. The summed E-state index contributed by atoms with van der Waals surface area (Å²) in [5, 5.41) is 9.35. The number of hydrogen-bond donors (Lipinski definition) is 1. The Bertz CT molecular complexity index is 176. The van der Waals surface area contributed by atoms with Crippen molar-refractivity contribution in [2.75, 3.05) is 0 Å². The monoisotopic (exact) mass is 230 g/mol. The van der Waals surface area contributed by atoms with Crippen molar-refractivity contribution >= 4 is 23.3 Å². The fourth-order valence-electron chi connectivity index (χ4n) is 2.52. The summed E-state index contributed by atoms with van der Waals surface area (Å²) in [6.07, 6.45) is 4.58. The Kier molecular flexibility index (Phi) is 9.50. The van der Waals surface area contributed by atoms with Crippen LogP contribution in [0.2, 0.25) is 0 Å². The van der Waals surface area contributed by atoms with E-state index in [1.54, 1.807) is 0 Å². The van der Waals surface area contributed by atoms with E-state index in [1.165, 1.54) is 0 Å². The Morgan fingerprint density at radius 1 is 1.20 bits per heavy atom. The quantitative estimate of drug-likeness (QED) is 0.682. The lowest BCUT2D eigenvalue weighted by molar-refractivity contribution is -0.153. The van der Waals surface area contributed by atoms with Gasteiger partial charge in [-0.2, -0.15) is 0 Å². The van der Waals surface area contributed by atoms with Gasteiger partial charge in [0.05, 0.1) is 5.41 Å². The van der Waals surface area contributed by atoms with E-state index in [0.29, 0.717) is 5.92 Å². The molecule has 0 aliphatic carbocycles. The minimum atomic E-state index is -0.609. The van der Waals surface area contributed by atoms with Gasteiger partial charge in [-0.3, -0.25) is 4.79 Å². The van der Waals surface area contributed by atoms with Gasteiger partial charge in [0, 0.05) is 0 Å². The Labute approximate surface area is 105 Å². The van der Waals surface area contributed by atoms with Crippen molar-refractivity contribution in [1.29, 1.82) is 0 Å². The van der Waals surface area contributed by atoms with Crippen LogP contribution in [0.15, 0.2) is 0 Å². The fraction of sp³-hybridized carbons (Fsp3) is 0.917. The second kappa shape index (κ2) is 8.19. The van der Waals surface area contributed by atoms with Crippen molar-refractivity contribution < 1.29 is 9.90 Å². The molecule has 2 nitrogen and oxygen atoms in total. The highest BCUT2D eigenvalue weighted by Crippen LogP contribution is 2.40. The van der Waals surface area contributed by atoms with E-state index in [1.807, 2.05) is 13.8 Å². The summed E-state index contributed by atoms with van der Waals surface area (Å²) in [5.74, 6) is -0.275. The maximum absolute atomic E-state index is 11.4. The zero-order valence-corrected chi connectivity index (χ0v) is 9.97. The van der Waals surface area contributed by atoms with Gasteiger partial charge in [0.2, 0.25) is 0 Å². The Balaban J connectivity index is 0. The molecule has 0 bridgehead atoms. The zero-order valence-electron chi connectivity index (χ0n) is 9.97. The lowest BCUT2D eigenvalue weighted by Gasteiger charge is -2.35. The Morgan fingerprint density at radius 3 is 1.87 bits per heavy atom. The Morgan fingerprint density at radius 2 is 1.67 bits per heavy atom. The minimum absolute atomic E-state index is 0. The van der Waals surface area contributed by atoms with Gasteiger partial charge in [-0.05, 0) is 25.2 Å². The first-order valence-corrected chi connectivity index (χ1v) is 5.82. The van der Waals surface area contributed by atoms with Gasteiger partial charge in [0.15, 0.2) is 17.4 Å². The predicted octanol–water partition coefficient (Wildman–Crippen LogP) is 2.52. The van der Waals surface area contributed by atoms with Gasteiger partial charge < -0.3 is 5.11 Å². The summed E-state index contributed by atoms with van der Waals surface area (Å²) in [6, 6.07) is 0. The smallest absolute Gasteiger partial charge is 0.309 e. The number of aliphatic carboxylic acids is 1. The van der Waals surface area contributed by atoms with Crippen molar-refractivity contribution in [3.05, 3.63) is 0 Å². The lowest BCUT2D eigenvalue weighted by atomic mass is 9.68. The molecular weight excluding hydrogens is 203 g/mol. The highest BCUT2D eigenvalue weighted by molar-refractivity contribution is 5.75. The van der Waals surface area contributed by atoms with Crippen LogP contribution in [0, 0.1) is 11.3 Å². The molecule has 1 atom stereocenters. The number of hydrogen-bond acceptors (Lipinski definition) is 1. The number of carboxylic acid groups (broad SMARTS) is 1. The molecule has 0 aliphatic rings. The molecule has 15 heavy (non-hydrogen) atoms. The molecule has 0 aliphatic heterocycles. The van der Waals surface area contributed by atoms with Gasteiger partial charge in [0.1, 0.15) is 0 Å². The summed E-state index contributed by atoms with van der Waals surface area (Å²) in [6.45, 7) is 8.22. The van der Waals surface area contributed by atoms with Crippen LogP contribution in [-0.4, -0.2) is 28.4 Å². The summed E-state index contributed by atoms with van der Waals surface area (Å²) < 4.78 is 0. The maximum Gasteiger partial charge on any atom is 0.309 e. The van der Waals surface area contributed by atoms with Crippen LogP contribution in [0.3, 0.4) is 0 Å². The molecular formula is C12H27AlO2. The van der Waals surface area contributed by atoms with Crippen molar-refractivity contribution in [2.45, 2.75) is 59.8 Å². The second-order valence-corrected chi connectivity index (χ2v) is 4.06. The third-order valence-corrected chi connectivity index (χ3v) is 3.60. The van der Waals surface area contributed by atoms with Crippen LogP contribution < -0.4 is 0 Å². The molecule has 3 heteroatoms. The van der Waals surface area contributed by atoms with Crippen LogP contribution in [-0.2, 0) is 4.79 Å². The predicted molar refractivity (Wildman–Crippen MR) is 69.3 cm³/mol. The van der Waals surface area contributed by atoms with Crippen molar-refractivity contribution in [3.8, 4) is 0 Å². The third kappa shape index (κ3) is 3.81. The highest BCUT2D eigenvalue weighted by Gasteiger charge is 2.41. The van der Waals surface area contributed by atoms with Crippen LogP contribution in [0.25, 0.3) is 0 Å². The summed E-state index contributed by atoms with van der Waals surface area (Å²) in [5.41, 5.74) is -0.481. The molecule has 0 fully saturated rings. The number of rotatable bonds is 7. The molecule has 0 aromatic rings. The van der Waals surface area contributed by atoms with E-state index in [4.69, 9.17) is 0 Å². The van der Waals surface area contributed by atoms with E-state index < -0.39 is 11.4 Å². The SMILES string of the molecule is CCCC(CC)C(CC)(CC)C(=O)O.[AlH3]. The van der Waals surface area contributed by atoms with E-state index in [0.717, 1.165) is 32.1 Å². The zero-order chi connectivity index (χ0) is 11.2. The van der Waals surface area contributed by atoms with Gasteiger partial charge in [-0.1, -0.05) is 40.5 Å². The molecule has 1 unspecified atom stereocenters. The van der Waals surface area contributed by atoms with Crippen LogP contribution in [0.1, 0.15) is 59.8 Å². The van der Waals surface area contributed by atoms with Gasteiger partial charge in [-0.25, -0.2) is 0 Å². The molecule has 0 radical (unpaired) electrons. The van der Waals surface area contributed by atoms with Crippen LogP contribution in [0.4, 0.5) is 0 Å². The first-order valence-electron chi connectivity index (χ1n) is 5.82. The largest absolute Gasteiger partial charge is 0.481 e. The highest BCUT2D eigenvalue weighted by atomic mass is 27.0. The van der Waals surface area contributed by atoms with Crippen molar-refractivity contribution in [1.82, 2.24) is 0 Å². The summed E-state index contributed by atoms with van der Waals surface area (Å²) in [7, 11) is 0. The third-order valence-electron chi connectivity index (χ3n) is 3.60. The second-order valence-electron chi connectivity index (χ2n) is 4.06. The molecule has 0 saturated carbocycles. The van der Waals surface area contributed by atoms with Gasteiger partial charge in [-0.15, -0.1) is 0 Å². The van der Waals surface area contributed by atoms with Crippen molar-refractivity contribution in [3.63, 3.8) is 0 Å². The molecule has 0 saturated heterocycles. The standard InChI is InChI=1S/C12H24O2.Al.3H/c1-5-9-10(6-2)12(7-3,8-4)11(13)14;;;;/h10H,5-9H2,1-4H3,(H,13,14);;;;. The molecule has 0 amide bonds. The maximum atomic E-state index is 11.4. The molecule has 0 rings (SSSR count). The van der Waals surface area contributed by atoms with E-state index in [-0.39, 0.29) is 17.4 Å². The van der Waals surface area contributed by atoms with Crippen LogP contribution in [0.5, 0.6) is 0 Å². The topological polar surface area (TPSA) is 37.3 Å². The molecule has 0 heterocycles. The molecule has 1 N–H and O–H groups in total.